The van der Waals surface area contributed by atoms with Crippen molar-refractivity contribution in [2.45, 2.75) is 25.4 Å². The molecule has 1 saturated heterocycles. The van der Waals surface area contributed by atoms with Gasteiger partial charge in [-0.05, 0) is 36.6 Å². The minimum Gasteiger partial charge on any atom is -0.478 e. The number of fused-ring (bicyclic) bond motifs is 3. The molecule has 3 N–H and O–H groups in total. The highest BCUT2D eigenvalue weighted by molar-refractivity contribution is 6.31. The lowest BCUT2D eigenvalue weighted by molar-refractivity contribution is 0.0697. The number of carboxylic acid groups (broad SMARTS) is 1. The highest BCUT2D eigenvalue weighted by atomic mass is 35.5. The van der Waals surface area contributed by atoms with Gasteiger partial charge in [-0.1, -0.05) is 35.9 Å². The number of aromatic nitrogens is 2. The summed E-state index contributed by atoms with van der Waals surface area (Å²) in [5, 5.41) is 21.6. The molecule has 0 spiro atoms. The smallest absolute Gasteiger partial charge is 0.335 e. The van der Waals surface area contributed by atoms with E-state index in [0.29, 0.717) is 57.8 Å². The number of nitrogens with zero attached hydrogens (tertiary/aromatic N) is 4. The van der Waals surface area contributed by atoms with Crippen molar-refractivity contribution in [1.29, 1.82) is 5.26 Å². The van der Waals surface area contributed by atoms with Gasteiger partial charge in [-0.3, -0.25) is 4.79 Å². The molecule has 1 aliphatic rings. The lowest BCUT2D eigenvalue weighted by Gasteiger charge is -2.33. The van der Waals surface area contributed by atoms with Gasteiger partial charge >= 0.3 is 5.97 Å². The monoisotopic (exact) mass is 525 g/mol. The van der Waals surface area contributed by atoms with Gasteiger partial charge in [0.05, 0.1) is 17.6 Å². The van der Waals surface area contributed by atoms with E-state index in [9.17, 15) is 20.0 Å². The zero-order valence-corrected chi connectivity index (χ0v) is 21.1. The summed E-state index contributed by atoms with van der Waals surface area (Å²) in [6.45, 7) is 1.57. The standard InChI is InChI=1S/C26H24ClN5O3.ClH/c1-30-21-11-15(26(34)35)8-9-18(21)22-19(12-28)24(31-10-4-6-17(29)14-31)32(23(22)25(30)33)13-16-5-2-3-7-20(16)27;/h2-3,5,7-9,11,17H,4,6,10,13-14,29H2,1H3,(H,34,35);1H/t17-;/m1./s1. The largest absolute Gasteiger partial charge is 0.478 e. The highest BCUT2D eigenvalue weighted by Gasteiger charge is 2.29. The first kappa shape index (κ1) is 25.6. The molecule has 10 heteroatoms. The summed E-state index contributed by atoms with van der Waals surface area (Å²) in [4.78, 5) is 27.4. The first-order valence-corrected chi connectivity index (χ1v) is 11.8. The third-order valence-corrected chi connectivity index (χ3v) is 7.14. The number of benzene rings is 2. The maximum Gasteiger partial charge on any atom is 0.335 e. The molecule has 0 amide bonds. The van der Waals surface area contributed by atoms with Crippen LogP contribution in [0.5, 0.6) is 0 Å². The molecule has 0 saturated carbocycles. The zero-order chi connectivity index (χ0) is 24.9. The molecule has 2 aromatic carbocycles. The molecule has 5 rings (SSSR count). The van der Waals surface area contributed by atoms with E-state index in [0.717, 1.165) is 18.4 Å². The third kappa shape index (κ3) is 4.09. The average molecular weight is 526 g/mol. The number of halogens is 2. The quantitative estimate of drug-likeness (QED) is 0.413. The van der Waals surface area contributed by atoms with Crippen molar-refractivity contribution in [3.8, 4) is 6.07 Å². The second-order valence-corrected chi connectivity index (χ2v) is 9.37. The fourth-order valence-electron chi connectivity index (χ4n) is 5.10. The van der Waals surface area contributed by atoms with Crippen molar-refractivity contribution in [3.05, 3.63) is 74.5 Å². The van der Waals surface area contributed by atoms with Gasteiger partial charge in [0, 0.05) is 42.0 Å². The number of aryl methyl sites for hydroxylation is 1. The van der Waals surface area contributed by atoms with Crippen LogP contribution in [0.4, 0.5) is 5.82 Å². The first-order valence-electron chi connectivity index (χ1n) is 11.4. The number of anilines is 1. The van der Waals surface area contributed by atoms with Gasteiger partial charge < -0.3 is 24.9 Å². The van der Waals surface area contributed by atoms with Crippen molar-refractivity contribution in [2.75, 3.05) is 18.0 Å². The SMILES string of the molecule is Cl.Cn1c(=O)c2c(c(C#N)c(N3CCC[C@@H](N)C3)n2Cc2ccccc2Cl)c2ccc(C(=O)O)cc21. The molecular formula is C26H25Cl2N5O3. The van der Waals surface area contributed by atoms with Crippen LogP contribution < -0.4 is 16.2 Å². The van der Waals surface area contributed by atoms with Crippen molar-refractivity contribution < 1.29 is 9.90 Å². The van der Waals surface area contributed by atoms with E-state index in [4.69, 9.17) is 17.3 Å². The molecule has 1 atom stereocenters. The van der Waals surface area contributed by atoms with Crippen LogP contribution in [-0.4, -0.2) is 39.3 Å². The van der Waals surface area contributed by atoms with Gasteiger partial charge in [0.2, 0.25) is 0 Å². The predicted octanol–water partition coefficient (Wildman–Crippen LogP) is 4.11. The van der Waals surface area contributed by atoms with E-state index in [1.807, 2.05) is 22.8 Å². The Balaban J connectivity index is 0.00000304. The molecule has 36 heavy (non-hydrogen) atoms. The Morgan fingerprint density at radius 1 is 1.28 bits per heavy atom. The molecule has 0 radical (unpaired) electrons. The molecular weight excluding hydrogens is 501 g/mol. The number of carbonyl (C=O) groups is 1. The van der Waals surface area contributed by atoms with E-state index < -0.39 is 5.97 Å². The van der Waals surface area contributed by atoms with Crippen LogP contribution >= 0.6 is 24.0 Å². The van der Waals surface area contributed by atoms with Gasteiger partial charge in [-0.25, -0.2) is 4.79 Å². The van der Waals surface area contributed by atoms with E-state index >= 15 is 0 Å². The molecule has 4 aromatic rings. The average Bonchev–Trinajstić information content (AvgIpc) is 3.17. The minimum absolute atomic E-state index is 0. The van der Waals surface area contributed by atoms with Crippen molar-refractivity contribution >= 4 is 57.6 Å². The van der Waals surface area contributed by atoms with Crippen LogP contribution in [0.3, 0.4) is 0 Å². The third-order valence-electron chi connectivity index (χ3n) is 6.77. The molecule has 0 bridgehead atoms. The minimum atomic E-state index is -1.08. The van der Waals surface area contributed by atoms with Gasteiger partial charge in [0.25, 0.3) is 5.56 Å². The van der Waals surface area contributed by atoms with Crippen molar-refractivity contribution in [3.63, 3.8) is 0 Å². The summed E-state index contributed by atoms with van der Waals surface area (Å²) in [6.07, 6.45) is 1.77. The fraction of sp³-hybridized carbons (Fsp3) is 0.269. The van der Waals surface area contributed by atoms with Crippen LogP contribution in [0, 0.1) is 11.3 Å². The number of rotatable bonds is 4. The molecule has 8 nitrogen and oxygen atoms in total. The van der Waals surface area contributed by atoms with Crippen LogP contribution in [0.2, 0.25) is 5.02 Å². The molecule has 2 aromatic heterocycles. The first-order chi connectivity index (χ1) is 16.8. The molecule has 1 fully saturated rings. The Hall–Kier alpha value is -3.51. The molecule has 186 valence electrons. The normalized spacial score (nSPS) is 15.6. The molecule has 1 aliphatic heterocycles. The number of hydrogen-bond acceptors (Lipinski definition) is 5. The Bertz CT molecular complexity index is 1600. The molecule has 0 unspecified atom stereocenters. The lowest BCUT2D eigenvalue weighted by Crippen LogP contribution is -2.44. The summed E-state index contributed by atoms with van der Waals surface area (Å²) >= 11 is 6.49. The second kappa shape index (κ2) is 9.86. The molecule has 0 aliphatic carbocycles. The van der Waals surface area contributed by atoms with Gasteiger partial charge in [0.15, 0.2) is 0 Å². The maximum atomic E-state index is 13.8. The van der Waals surface area contributed by atoms with Crippen LogP contribution in [0.25, 0.3) is 21.8 Å². The van der Waals surface area contributed by atoms with Gasteiger partial charge in [0.1, 0.15) is 23.0 Å². The number of aromatic carboxylic acids is 1. The predicted molar refractivity (Wildman–Crippen MR) is 144 cm³/mol. The summed E-state index contributed by atoms with van der Waals surface area (Å²) < 4.78 is 3.32. The number of nitrogens with two attached hydrogens (primary N) is 1. The summed E-state index contributed by atoms with van der Waals surface area (Å²) in [6, 6.07) is 14.4. The Kier molecular flexibility index (Phi) is 7.01. The lowest BCUT2D eigenvalue weighted by atomic mass is 10.0. The van der Waals surface area contributed by atoms with Crippen molar-refractivity contribution in [2.24, 2.45) is 12.8 Å². The summed E-state index contributed by atoms with van der Waals surface area (Å²) in [7, 11) is 1.62. The van der Waals surface area contributed by atoms with E-state index in [-0.39, 0.29) is 29.6 Å². The van der Waals surface area contributed by atoms with E-state index in [1.165, 1.54) is 16.7 Å². The number of carboxylic acids is 1. The number of nitriles is 1. The van der Waals surface area contributed by atoms with Crippen molar-refractivity contribution in [1.82, 2.24) is 9.13 Å². The Labute approximate surface area is 218 Å². The van der Waals surface area contributed by atoms with Gasteiger partial charge in [-0.15, -0.1) is 12.4 Å². The second-order valence-electron chi connectivity index (χ2n) is 8.96. The maximum absolute atomic E-state index is 13.8. The summed E-state index contributed by atoms with van der Waals surface area (Å²) in [5.74, 6) is -0.441. The summed E-state index contributed by atoms with van der Waals surface area (Å²) in [5.41, 5.74) is 8.09. The topological polar surface area (TPSA) is 117 Å². The van der Waals surface area contributed by atoms with E-state index in [2.05, 4.69) is 11.0 Å². The van der Waals surface area contributed by atoms with Crippen LogP contribution in [-0.2, 0) is 13.6 Å². The fourth-order valence-corrected chi connectivity index (χ4v) is 5.30. The van der Waals surface area contributed by atoms with Crippen LogP contribution in [0.15, 0.2) is 47.3 Å². The number of pyridine rings is 1. The Morgan fingerprint density at radius 2 is 2.03 bits per heavy atom. The highest BCUT2D eigenvalue weighted by Crippen LogP contribution is 2.37. The molecule has 3 heterocycles. The zero-order valence-electron chi connectivity index (χ0n) is 19.6. The van der Waals surface area contributed by atoms with Gasteiger partial charge in [-0.2, -0.15) is 5.26 Å². The Morgan fingerprint density at radius 3 is 2.69 bits per heavy atom. The van der Waals surface area contributed by atoms with Crippen LogP contribution in [0.1, 0.15) is 34.3 Å². The number of piperidine rings is 1. The van der Waals surface area contributed by atoms with E-state index in [1.54, 1.807) is 19.2 Å². The number of hydrogen-bond donors (Lipinski definition) is 2.